The number of rotatable bonds is 6. The van der Waals surface area contributed by atoms with Crippen LogP contribution in [0.25, 0.3) is 0 Å². The van der Waals surface area contributed by atoms with Gasteiger partial charge in [-0.1, -0.05) is 44.2 Å². The Kier molecular flexibility index (Phi) is 5.59. The molecule has 2 aromatic rings. The maximum Gasteiger partial charge on any atom is 0.251 e. The zero-order chi connectivity index (χ0) is 15.2. The van der Waals surface area contributed by atoms with Gasteiger partial charge in [-0.15, -0.1) is 0 Å². The van der Waals surface area contributed by atoms with Gasteiger partial charge in [0.25, 0.3) is 5.56 Å². The fourth-order valence-electron chi connectivity index (χ4n) is 2.02. The summed E-state index contributed by atoms with van der Waals surface area (Å²) in [5.74, 6) is 0. The van der Waals surface area contributed by atoms with Crippen molar-refractivity contribution in [3.8, 4) is 0 Å². The fourth-order valence-corrected chi connectivity index (χ4v) is 2.83. The summed E-state index contributed by atoms with van der Waals surface area (Å²) in [7, 11) is 0. The maximum atomic E-state index is 11.6. The Bertz CT molecular complexity index is 637. The molecule has 4 nitrogen and oxygen atoms in total. The van der Waals surface area contributed by atoms with Crippen molar-refractivity contribution in [3.63, 3.8) is 0 Å². The first-order valence-corrected chi connectivity index (χ1v) is 8.00. The van der Waals surface area contributed by atoms with Crippen molar-refractivity contribution in [2.45, 2.75) is 49.3 Å². The average molecular weight is 304 g/mol. The normalized spacial score (nSPS) is 12.3. The molecule has 0 aliphatic carbocycles. The van der Waals surface area contributed by atoms with Gasteiger partial charge in [-0.3, -0.25) is 4.79 Å². The predicted molar refractivity (Wildman–Crippen MR) is 84.7 cm³/mol. The minimum absolute atomic E-state index is 0.117. The number of aliphatic hydroxyl groups is 1. The van der Waals surface area contributed by atoms with Crippen LogP contribution >= 0.6 is 11.8 Å². The van der Waals surface area contributed by atoms with Crippen molar-refractivity contribution in [2.24, 2.45) is 0 Å². The van der Waals surface area contributed by atoms with E-state index in [4.69, 9.17) is 0 Å². The number of hydrogen-bond acceptors (Lipinski definition) is 4. The minimum Gasteiger partial charge on any atom is -0.388 e. The zero-order valence-corrected chi connectivity index (χ0v) is 13.1. The molecule has 0 saturated carbocycles. The fraction of sp³-hybridized carbons (Fsp3) is 0.375. The van der Waals surface area contributed by atoms with Crippen LogP contribution in [0, 0.1) is 0 Å². The van der Waals surface area contributed by atoms with E-state index in [1.807, 2.05) is 31.2 Å². The third-order valence-corrected chi connectivity index (χ3v) is 4.04. The van der Waals surface area contributed by atoms with Gasteiger partial charge in [-0.25, -0.2) is 4.98 Å². The smallest absolute Gasteiger partial charge is 0.251 e. The maximum absolute atomic E-state index is 11.6. The van der Waals surface area contributed by atoms with Crippen molar-refractivity contribution in [2.75, 3.05) is 0 Å². The molecule has 1 aromatic carbocycles. The van der Waals surface area contributed by atoms with E-state index in [9.17, 15) is 9.90 Å². The number of aromatic nitrogens is 2. The molecule has 0 radical (unpaired) electrons. The average Bonchev–Trinajstić information content (AvgIpc) is 2.47. The highest BCUT2D eigenvalue weighted by Crippen LogP contribution is 2.26. The monoisotopic (exact) mass is 304 g/mol. The Balaban J connectivity index is 2.16. The molecule has 1 heterocycles. The molecule has 2 N–H and O–H groups in total. The molecular formula is C16H20N2O2S. The first kappa shape index (κ1) is 15.8. The molecule has 0 fully saturated rings. The van der Waals surface area contributed by atoms with Crippen molar-refractivity contribution in [1.29, 1.82) is 0 Å². The Labute approximate surface area is 128 Å². The summed E-state index contributed by atoms with van der Waals surface area (Å²) in [6, 6.07) is 9.24. The van der Waals surface area contributed by atoms with Gasteiger partial charge in [0, 0.05) is 16.7 Å². The van der Waals surface area contributed by atoms with Crippen LogP contribution in [0.5, 0.6) is 0 Å². The lowest BCUT2D eigenvalue weighted by atomic mass is 10.1. The molecule has 0 bridgehead atoms. The summed E-state index contributed by atoms with van der Waals surface area (Å²) in [6.07, 6.45) is 2.04. The van der Waals surface area contributed by atoms with Crippen molar-refractivity contribution in [1.82, 2.24) is 9.97 Å². The van der Waals surface area contributed by atoms with Gasteiger partial charge in [-0.05, 0) is 30.5 Å². The minimum atomic E-state index is -0.421. The first-order chi connectivity index (χ1) is 10.1. The summed E-state index contributed by atoms with van der Waals surface area (Å²) < 4.78 is 0. The number of aliphatic hydroxyl groups excluding tert-OH is 1. The Morgan fingerprint density at radius 1 is 1.29 bits per heavy atom. The van der Waals surface area contributed by atoms with Crippen LogP contribution in [0.2, 0.25) is 0 Å². The lowest BCUT2D eigenvalue weighted by Gasteiger charge is -2.08. The van der Waals surface area contributed by atoms with Crippen LogP contribution in [0.1, 0.15) is 44.1 Å². The molecule has 0 aliphatic heterocycles. The quantitative estimate of drug-likeness (QED) is 0.804. The molecule has 0 unspecified atom stereocenters. The van der Waals surface area contributed by atoms with E-state index in [-0.39, 0.29) is 5.56 Å². The van der Waals surface area contributed by atoms with E-state index in [0.717, 1.165) is 29.0 Å². The second-order valence-corrected chi connectivity index (χ2v) is 5.95. The van der Waals surface area contributed by atoms with E-state index in [1.54, 1.807) is 6.07 Å². The largest absolute Gasteiger partial charge is 0.388 e. The van der Waals surface area contributed by atoms with Crippen LogP contribution < -0.4 is 5.56 Å². The van der Waals surface area contributed by atoms with Crippen molar-refractivity contribution in [3.05, 3.63) is 51.9 Å². The summed E-state index contributed by atoms with van der Waals surface area (Å²) in [5.41, 5.74) is 1.61. The van der Waals surface area contributed by atoms with Gasteiger partial charge in [0.2, 0.25) is 0 Å². The number of aromatic amines is 1. The van der Waals surface area contributed by atoms with Crippen LogP contribution in [0.15, 0.2) is 45.2 Å². The Morgan fingerprint density at radius 3 is 2.62 bits per heavy atom. The molecule has 112 valence electrons. The topological polar surface area (TPSA) is 66.0 Å². The molecule has 21 heavy (non-hydrogen) atoms. The molecular weight excluding hydrogens is 284 g/mol. The van der Waals surface area contributed by atoms with E-state index in [2.05, 4.69) is 16.9 Å². The third kappa shape index (κ3) is 4.44. The van der Waals surface area contributed by atoms with Crippen LogP contribution in [0.3, 0.4) is 0 Å². The number of aryl methyl sites for hydroxylation is 1. The van der Waals surface area contributed by atoms with Gasteiger partial charge in [-0.2, -0.15) is 0 Å². The molecule has 0 spiro atoms. The van der Waals surface area contributed by atoms with Crippen molar-refractivity contribution < 1.29 is 5.11 Å². The first-order valence-electron chi connectivity index (χ1n) is 7.18. The second-order valence-electron chi connectivity index (χ2n) is 4.89. The van der Waals surface area contributed by atoms with Gasteiger partial charge < -0.3 is 10.1 Å². The van der Waals surface area contributed by atoms with Gasteiger partial charge >= 0.3 is 0 Å². The van der Waals surface area contributed by atoms with Crippen LogP contribution in [0.4, 0.5) is 0 Å². The highest BCUT2D eigenvalue weighted by Gasteiger charge is 2.06. The highest BCUT2D eigenvalue weighted by atomic mass is 32.2. The van der Waals surface area contributed by atoms with Gasteiger partial charge in [0.15, 0.2) is 5.16 Å². The summed E-state index contributed by atoms with van der Waals surface area (Å²) in [5, 5.41) is 10.4. The number of hydrogen-bond donors (Lipinski definition) is 2. The number of nitrogens with one attached hydrogen (secondary N) is 1. The zero-order valence-electron chi connectivity index (χ0n) is 12.3. The van der Waals surface area contributed by atoms with Crippen LogP contribution in [-0.4, -0.2) is 15.1 Å². The van der Waals surface area contributed by atoms with E-state index >= 15 is 0 Å². The Morgan fingerprint density at radius 2 is 2.00 bits per heavy atom. The van der Waals surface area contributed by atoms with Crippen molar-refractivity contribution >= 4 is 11.8 Å². The van der Waals surface area contributed by atoms with E-state index < -0.39 is 6.10 Å². The van der Waals surface area contributed by atoms with Gasteiger partial charge in [0.1, 0.15) is 0 Å². The molecule has 2 rings (SSSR count). The van der Waals surface area contributed by atoms with E-state index in [0.29, 0.717) is 11.6 Å². The number of H-pyrrole nitrogens is 1. The lowest BCUT2D eigenvalue weighted by molar-refractivity contribution is 0.173. The number of benzene rings is 1. The van der Waals surface area contributed by atoms with E-state index in [1.165, 1.54) is 11.8 Å². The molecule has 5 heteroatoms. The number of nitrogens with zero attached hydrogens (tertiary/aromatic N) is 1. The van der Waals surface area contributed by atoms with Crippen LogP contribution in [-0.2, 0) is 6.42 Å². The summed E-state index contributed by atoms with van der Waals surface area (Å²) in [6.45, 7) is 4.01. The predicted octanol–water partition coefficient (Wildman–Crippen LogP) is 3.32. The highest BCUT2D eigenvalue weighted by molar-refractivity contribution is 7.99. The molecule has 1 aromatic heterocycles. The standard InChI is InChI=1S/C16H20N2O2S/c1-3-5-12-10-15(20)18-16(17-12)21-13-8-6-11(7-9-13)14(19)4-2/h6-10,14,19H,3-5H2,1-2H3,(H,17,18,20)/t14-/m0/s1. The van der Waals surface area contributed by atoms with Gasteiger partial charge in [0.05, 0.1) is 6.10 Å². The molecule has 0 aliphatic rings. The molecule has 1 atom stereocenters. The molecule has 0 saturated heterocycles. The Hall–Kier alpha value is -1.59. The summed E-state index contributed by atoms with van der Waals surface area (Å²) in [4.78, 5) is 19.8. The third-order valence-electron chi connectivity index (χ3n) is 3.15. The SMILES string of the molecule is CCCc1cc(=O)[nH]c(Sc2ccc([C@@H](O)CC)cc2)n1. The molecule has 0 amide bonds. The lowest BCUT2D eigenvalue weighted by Crippen LogP contribution is -2.09. The second kappa shape index (κ2) is 7.43. The summed E-state index contributed by atoms with van der Waals surface area (Å²) >= 11 is 1.42.